The lowest BCUT2D eigenvalue weighted by molar-refractivity contribution is -0.145. The van der Waals surface area contributed by atoms with E-state index in [2.05, 4.69) is 0 Å². The van der Waals surface area contributed by atoms with Crippen LogP contribution in [-0.2, 0) is 11.2 Å². The molecule has 3 aromatic rings. The summed E-state index contributed by atoms with van der Waals surface area (Å²) in [6, 6.07) is 19.7. The molecular weight excluding hydrogens is 300 g/mol. The molecule has 0 bridgehead atoms. The first kappa shape index (κ1) is 16.1. The van der Waals surface area contributed by atoms with E-state index in [1.54, 1.807) is 0 Å². The van der Waals surface area contributed by atoms with Crippen LogP contribution in [0.2, 0.25) is 0 Å². The number of rotatable bonds is 5. The van der Waals surface area contributed by atoms with Crippen LogP contribution in [0.15, 0.2) is 60.7 Å². The average molecular weight is 320 g/mol. The van der Waals surface area contributed by atoms with Gasteiger partial charge in [0.2, 0.25) is 0 Å². The van der Waals surface area contributed by atoms with E-state index >= 15 is 0 Å². The zero-order valence-corrected chi connectivity index (χ0v) is 13.8. The molecule has 0 unspecified atom stereocenters. The van der Waals surface area contributed by atoms with Gasteiger partial charge >= 0.3 is 5.97 Å². The molecule has 0 saturated heterocycles. The third-order valence-corrected chi connectivity index (χ3v) is 4.18. The maximum absolute atomic E-state index is 11.6. The quantitative estimate of drug-likeness (QED) is 0.751. The number of carboxylic acid groups (broad SMARTS) is 1. The van der Waals surface area contributed by atoms with Crippen LogP contribution in [0.1, 0.15) is 16.7 Å². The smallest absolute Gasteiger partial charge is 0.345 e. The predicted octanol–water partition coefficient (Wildman–Crippen LogP) is 4.53. The fourth-order valence-electron chi connectivity index (χ4n) is 2.80. The summed E-state index contributed by atoms with van der Waals surface area (Å²) < 4.78 is 5.78. The van der Waals surface area contributed by atoms with Crippen LogP contribution in [0.5, 0.6) is 5.75 Å². The SMILES string of the molecule is Cc1ccc(C)c(C[C@@H](Oc2ccc3ccccc3c2)C(=O)O)c1. The van der Waals surface area contributed by atoms with Crippen molar-refractivity contribution in [1.82, 2.24) is 0 Å². The van der Waals surface area contributed by atoms with Gasteiger partial charge in [0.15, 0.2) is 6.10 Å². The Kier molecular flexibility index (Phi) is 4.52. The average Bonchev–Trinajstić information content (AvgIpc) is 2.57. The molecule has 0 aromatic heterocycles. The summed E-state index contributed by atoms with van der Waals surface area (Å²) in [6.07, 6.45) is -0.568. The maximum Gasteiger partial charge on any atom is 0.345 e. The van der Waals surface area contributed by atoms with Gasteiger partial charge < -0.3 is 9.84 Å². The number of aliphatic carboxylic acids is 1. The number of ether oxygens (including phenoxy) is 1. The molecule has 3 aromatic carbocycles. The summed E-state index contributed by atoms with van der Waals surface area (Å²) >= 11 is 0. The number of carbonyl (C=O) groups is 1. The summed E-state index contributed by atoms with van der Waals surface area (Å²) in [5, 5.41) is 11.7. The highest BCUT2D eigenvalue weighted by atomic mass is 16.5. The van der Waals surface area contributed by atoms with Crippen LogP contribution in [0.4, 0.5) is 0 Å². The van der Waals surface area contributed by atoms with E-state index in [-0.39, 0.29) is 0 Å². The summed E-state index contributed by atoms with van der Waals surface area (Å²) in [6.45, 7) is 3.99. The lowest BCUT2D eigenvalue weighted by Gasteiger charge is -2.17. The Morgan fingerprint density at radius 2 is 1.75 bits per heavy atom. The molecule has 0 aliphatic carbocycles. The molecule has 3 nitrogen and oxygen atoms in total. The third kappa shape index (κ3) is 3.57. The second kappa shape index (κ2) is 6.75. The van der Waals surface area contributed by atoms with Crippen molar-refractivity contribution < 1.29 is 14.6 Å². The molecule has 3 heteroatoms. The molecule has 1 atom stereocenters. The van der Waals surface area contributed by atoms with Crippen LogP contribution in [-0.4, -0.2) is 17.2 Å². The molecule has 0 heterocycles. The summed E-state index contributed by atoms with van der Waals surface area (Å²) in [7, 11) is 0. The molecule has 122 valence electrons. The van der Waals surface area contributed by atoms with E-state index in [9.17, 15) is 9.90 Å². The zero-order chi connectivity index (χ0) is 17.1. The molecular formula is C21H20O3. The monoisotopic (exact) mass is 320 g/mol. The summed E-state index contributed by atoms with van der Waals surface area (Å²) in [5.74, 6) is -0.379. The standard InChI is InChI=1S/C21H20O3/c1-14-7-8-15(2)18(11-14)13-20(21(22)23)24-19-10-9-16-5-3-4-6-17(16)12-19/h3-12,20H,13H2,1-2H3,(H,22,23)/t20-/m1/s1. The molecule has 0 saturated carbocycles. The van der Waals surface area contributed by atoms with Crippen molar-refractivity contribution in [3.63, 3.8) is 0 Å². The Morgan fingerprint density at radius 3 is 2.50 bits per heavy atom. The largest absolute Gasteiger partial charge is 0.478 e. The van der Waals surface area contributed by atoms with Crippen LogP contribution in [0.25, 0.3) is 10.8 Å². The first-order valence-corrected chi connectivity index (χ1v) is 7.97. The summed E-state index contributed by atoms with van der Waals surface area (Å²) in [5.41, 5.74) is 3.20. The van der Waals surface area contributed by atoms with E-state index in [0.717, 1.165) is 27.5 Å². The second-order valence-electron chi connectivity index (χ2n) is 6.09. The molecule has 0 aliphatic rings. The predicted molar refractivity (Wildman–Crippen MR) is 95.6 cm³/mol. The van der Waals surface area contributed by atoms with Crippen molar-refractivity contribution in [2.45, 2.75) is 26.4 Å². The minimum Gasteiger partial charge on any atom is -0.478 e. The Morgan fingerprint density at radius 1 is 1.00 bits per heavy atom. The van der Waals surface area contributed by atoms with E-state index in [4.69, 9.17) is 4.74 Å². The molecule has 24 heavy (non-hydrogen) atoms. The number of fused-ring (bicyclic) bond motifs is 1. The molecule has 3 rings (SSSR count). The van der Waals surface area contributed by atoms with Gasteiger partial charge in [-0.25, -0.2) is 4.79 Å². The van der Waals surface area contributed by atoms with Gasteiger partial charge in [0.1, 0.15) is 5.75 Å². The highest BCUT2D eigenvalue weighted by molar-refractivity contribution is 5.84. The number of aryl methyl sites for hydroxylation is 2. The molecule has 1 N–H and O–H groups in total. The highest BCUT2D eigenvalue weighted by Crippen LogP contribution is 2.23. The number of benzene rings is 3. The van der Waals surface area contributed by atoms with Crippen molar-refractivity contribution in [3.05, 3.63) is 77.4 Å². The van der Waals surface area contributed by atoms with Crippen molar-refractivity contribution in [1.29, 1.82) is 0 Å². The number of carboxylic acids is 1. The van der Waals surface area contributed by atoms with Gasteiger partial charge in [0.05, 0.1) is 0 Å². The first-order valence-electron chi connectivity index (χ1n) is 7.97. The zero-order valence-electron chi connectivity index (χ0n) is 13.8. The fourth-order valence-corrected chi connectivity index (χ4v) is 2.80. The number of hydrogen-bond acceptors (Lipinski definition) is 2. The Hall–Kier alpha value is -2.81. The Balaban J connectivity index is 1.85. The van der Waals surface area contributed by atoms with Gasteiger partial charge in [-0.05, 0) is 47.9 Å². The first-order chi connectivity index (χ1) is 11.5. The van der Waals surface area contributed by atoms with Crippen molar-refractivity contribution >= 4 is 16.7 Å². The molecule has 0 aliphatic heterocycles. The molecule has 0 spiro atoms. The van der Waals surface area contributed by atoms with E-state index in [0.29, 0.717) is 12.2 Å². The van der Waals surface area contributed by atoms with Crippen LogP contribution in [0, 0.1) is 13.8 Å². The maximum atomic E-state index is 11.6. The lowest BCUT2D eigenvalue weighted by Crippen LogP contribution is -2.29. The van der Waals surface area contributed by atoms with Crippen molar-refractivity contribution in [2.24, 2.45) is 0 Å². The minimum absolute atomic E-state index is 0.343. The Bertz CT molecular complexity index is 883. The topological polar surface area (TPSA) is 46.5 Å². The van der Waals surface area contributed by atoms with Gasteiger partial charge in [-0.3, -0.25) is 0 Å². The lowest BCUT2D eigenvalue weighted by atomic mass is 10.00. The van der Waals surface area contributed by atoms with Crippen LogP contribution in [0.3, 0.4) is 0 Å². The van der Waals surface area contributed by atoms with Crippen molar-refractivity contribution in [3.8, 4) is 5.75 Å². The molecule has 0 amide bonds. The van der Waals surface area contributed by atoms with Gasteiger partial charge in [-0.2, -0.15) is 0 Å². The highest BCUT2D eigenvalue weighted by Gasteiger charge is 2.21. The van der Waals surface area contributed by atoms with E-state index < -0.39 is 12.1 Å². The van der Waals surface area contributed by atoms with Crippen LogP contribution < -0.4 is 4.74 Å². The van der Waals surface area contributed by atoms with Gasteiger partial charge in [0.25, 0.3) is 0 Å². The molecule has 0 fully saturated rings. The molecule has 0 radical (unpaired) electrons. The van der Waals surface area contributed by atoms with Gasteiger partial charge in [-0.1, -0.05) is 54.1 Å². The van der Waals surface area contributed by atoms with Gasteiger partial charge in [-0.15, -0.1) is 0 Å². The third-order valence-electron chi connectivity index (χ3n) is 4.18. The van der Waals surface area contributed by atoms with E-state index in [1.165, 1.54) is 0 Å². The normalized spacial score (nSPS) is 12.1. The summed E-state index contributed by atoms with van der Waals surface area (Å²) in [4.78, 5) is 11.6. The second-order valence-corrected chi connectivity index (χ2v) is 6.09. The van der Waals surface area contributed by atoms with Gasteiger partial charge in [0, 0.05) is 6.42 Å². The number of hydrogen-bond donors (Lipinski definition) is 1. The fraction of sp³-hybridized carbons (Fsp3) is 0.190. The Labute approximate surface area is 141 Å². The van der Waals surface area contributed by atoms with Crippen molar-refractivity contribution in [2.75, 3.05) is 0 Å². The minimum atomic E-state index is -0.955. The van der Waals surface area contributed by atoms with E-state index in [1.807, 2.05) is 74.5 Å². The van der Waals surface area contributed by atoms with Crippen LogP contribution >= 0.6 is 0 Å².